The summed E-state index contributed by atoms with van der Waals surface area (Å²) in [5.41, 5.74) is 0.881. The molecule has 1 aromatic rings. The minimum absolute atomic E-state index is 0.152. The number of amides is 1. The Morgan fingerprint density at radius 2 is 1.87 bits per heavy atom. The second kappa shape index (κ2) is 9.15. The maximum Gasteiger partial charge on any atom is 0.408 e. The lowest BCUT2D eigenvalue weighted by molar-refractivity contribution is -0.141. The second-order valence-electron chi connectivity index (χ2n) is 6.40. The van der Waals surface area contributed by atoms with E-state index in [1.54, 1.807) is 6.08 Å². The van der Waals surface area contributed by atoms with E-state index < -0.39 is 26.2 Å². The minimum atomic E-state index is -1.25. The number of carbonyl (C=O) groups excluding carboxylic acids is 2. The molecule has 1 rings (SSSR count). The van der Waals surface area contributed by atoms with Gasteiger partial charge in [0.15, 0.2) is 0 Å². The fourth-order valence-electron chi connectivity index (χ4n) is 1.76. The summed E-state index contributed by atoms with van der Waals surface area (Å²) < 4.78 is 9.83. The third-order valence-electron chi connectivity index (χ3n) is 3.00. The maximum absolute atomic E-state index is 11.8. The molecule has 0 unspecified atom stereocenters. The summed E-state index contributed by atoms with van der Waals surface area (Å²) in [5.74, 6) is -0.520. The molecule has 0 aliphatic carbocycles. The zero-order valence-corrected chi connectivity index (χ0v) is 15.2. The normalized spacial score (nSPS) is 12.7. The van der Waals surface area contributed by atoms with Gasteiger partial charge in [0.05, 0.1) is 7.11 Å². The van der Waals surface area contributed by atoms with E-state index in [2.05, 4.69) is 25.0 Å². The van der Waals surface area contributed by atoms with Crippen LogP contribution in [0.25, 0.3) is 0 Å². The van der Waals surface area contributed by atoms with Gasteiger partial charge in [-0.3, -0.25) is 0 Å². The Bertz CT molecular complexity index is 537. The molecule has 0 aliphatic heterocycles. The molecule has 0 saturated carbocycles. The van der Waals surface area contributed by atoms with Gasteiger partial charge in [-0.2, -0.15) is 0 Å². The predicted octanol–water partition coefficient (Wildman–Crippen LogP) is 3.35. The zero-order chi connectivity index (χ0) is 17.3. The van der Waals surface area contributed by atoms with Gasteiger partial charge in [-0.05, 0) is 11.6 Å². The van der Waals surface area contributed by atoms with Crippen molar-refractivity contribution in [1.29, 1.82) is 0 Å². The second-order valence-corrected chi connectivity index (χ2v) is 11.9. The molecule has 1 atom stereocenters. The first-order valence-electron chi connectivity index (χ1n) is 7.53. The summed E-state index contributed by atoms with van der Waals surface area (Å²) in [5, 5.41) is 2.52. The van der Waals surface area contributed by atoms with Crippen LogP contribution in [0, 0.1) is 0 Å². The first-order valence-corrected chi connectivity index (χ1v) is 11.2. The summed E-state index contributed by atoms with van der Waals surface area (Å²) in [6, 6.07) is 9.43. The van der Waals surface area contributed by atoms with Gasteiger partial charge in [-0.1, -0.05) is 62.1 Å². The number of alkyl carbamates (subject to hydrolysis) is 1. The number of hydrogen-bond donors (Lipinski definition) is 1. The Morgan fingerprint density at radius 3 is 2.43 bits per heavy atom. The fourth-order valence-corrected chi connectivity index (χ4v) is 2.61. The van der Waals surface area contributed by atoms with Gasteiger partial charge in [0.25, 0.3) is 0 Å². The molecule has 0 fully saturated rings. The number of methoxy groups -OCH3 is 1. The van der Waals surface area contributed by atoms with Crippen molar-refractivity contribution < 1.29 is 19.1 Å². The van der Waals surface area contributed by atoms with Crippen LogP contribution in [0.3, 0.4) is 0 Å². The molecular weight excluding hydrogens is 310 g/mol. The third kappa shape index (κ3) is 8.20. The number of ether oxygens (including phenoxy) is 2. The van der Waals surface area contributed by atoms with E-state index in [4.69, 9.17) is 9.47 Å². The quantitative estimate of drug-likeness (QED) is 0.471. The van der Waals surface area contributed by atoms with Gasteiger partial charge in [-0.25, -0.2) is 9.59 Å². The number of rotatable bonds is 7. The van der Waals surface area contributed by atoms with Crippen LogP contribution in [0.1, 0.15) is 5.56 Å². The molecule has 1 aromatic carbocycles. The highest BCUT2D eigenvalue weighted by Gasteiger charge is 2.20. The first-order chi connectivity index (χ1) is 10.8. The van der Waals surface area contributed by atoms with E-state index in [9.17, 15) is 9.59 Å². The highest BCUT2D eigenvalue weighted by molar-refractivity contribution is 6.76. The van der Waals surface area contributed by atoms with Crippen molar-refractivity contribution in [3.63, 3.8) is 0 Å². The van der Waals surface area contributed by atoms with Crippen LogP contribution < -0.4 is 5.32 Å². The van der Waals surface area contributed by atoms with E-state index >= 15 is 0 Å². The first kappa shape index (κ1) is 19.0. The molecule has 0 spiro atoms. The molecule has 0 aromatic heterocycles. The molecule has 0 bridgehead atoms. The number of carbonyl (C=O) groups is 2. The van der Waals surface area contributed by atoms with Crippen LogP contribution in [0.5, 0.6) is 0 Å². The standard InChI is InChI=1S/C17H25NO4Si/c1-21-16(19)15(11-8-12-23(2,3)4)18-17(20)22-13-14-9-6-5-7-10-14/h5-11,15H,12-13H2,1-4H3,(H,18,20)/b11-8+/t15-/m0/s1. The van der Waals surface area contributed by atoms with E-state index in [0.717, 1.165) is 11.6 Å². The van der Waals surface area contributed by atoms with Crippen molar-refractivity contribution in [1.82, 2.24) is 5.32 Å². The van der Waals surface area contributed by atoms with Crippen LogP contribution in [0.4, 0.5) is 4.79 Å². The summed E-state index contributed by atoms with van der Waals surface area (Å²) >= 11 is 0. The van der Waals surface area contributed by atoms with E-state index in [-0.39, 0.29) is 6.61 Å². The van der Waals surface area contributed by atoms with E-state index in [0.29, 0.717) is 0 Å². The van der Waals surface area contributed by atoms with Crippen molar-refractivity contribution in [2.75, 3.05) is 7.11 Å². The molecule has 0 saturated heterocycles. The molecule has 1 amide bonds. The lowest BCUT2D eigenvalue weighted by Gasteiger charge is -2.15. The Hall–Kier alpha value is -2.08. The number of hydrogen-bond acceptors (Lipinski definition) is 4. The fraction of sp³-hybridized carbons (Fsp3) is 0.412. The topological polar surface area (TPSA) is 64.6 Å². The van der Waals surface area contributed by atoms with Crippen LogP contribution in [-0.4, -0.2) is 33.3 Å². The average Bonchev–Trinajstić information content (AvgIpc) is 2.51. The van der Waals surface area contributed by atoms with E-state index in [1.165, 1.54) is 7.11 Å². The molecule has 5 nitrogen and oxygen atoms in total. The lowest BCUT2D eigenvalue weighted by Crippen LogP contribution is -2.40. The molecule has 0 aliphatic rings. The molecule has 126 valence electrons. The largest absolute Gasteiger partial charge is 0.467 e. The highest BCUT2D eigenvalue weighted by atomic mass is 28.3. The Morgan fingerprint density at radius 1 is 1.22 bits per heavy atom. The van der Waals surface area contributed by atoms with Crippen molar-refractivity contribution in [2.24, 2.45) is 0 Å². The van der Waals surface area contributed by atoms with Gasteiger partial charge in [0.2, 0.25) is 0 Å². The van der Waals surface area contributed by atoms with Crippen LogP contribution in [0.15, 0.2) is 42.5 Å². The van der Waals surface area contributed by atoms with E-state index in [1.807, 2.05) is 36.4 Å². The van der Waals surface area contributed by atoms with Crippen LogP contribution >= 0.6 is 0 Å². The van der Waals surface area contributed by atoms with Crippen molar-refractivity contribution >= 4 is 20.1 Å². The number of esters is 1. The predicted molar refractivity (Wildman–Crippen MR) is 92.9 cm³/mol. The third-order valence-corrected chi connectivity index (χ3v) is 4.46. The Kier molecular flexibility index (Phi) is 7.54. The van der Waals surface area contributed by atoms with Crippen molar-refractivity contribution in [3.05, 3.63) is 48.0 Å². The molecule has 0 radical (unpaired) electrons. The maximum atomic E-state index is 11.8. The van der Waals surface area contributed by atoms with Crippen LogP contribution in [0.2, 0.25) is 25.7 Å². The summed E-state index contributed by atoms with van der Waals surface area (Å²) in [7, 11) is 0.0392. The highest BCUT2D eigenvalue weighted by Crippen LogP contribution is 2.09. The molecular formula is C17H25NO4Si. The molecule has 6 heteroatoms. The number of nitrogens with one attached hydrogen (secondary N) is 1. The van der Waals surface area contributed by atoms with Crippen molar-refractivity contribution in [3.8, 4) is 0 Å². The summed E-state index contributed by atoms with van der Waals surface area (Å²) in [4.78, 5) is 23.6. The summed E-state index contributed by atoms with van der Waals surface area (Å²) in [6.07, 6.45) is 2.93. The number of benzene rings is 1. The van der Waals surface area contributed by atoms with Crippen LogP contribution in [-0.2, 0) is 20.9 Å². The molecule has 23 heavy (non-hydrogen) atoms. The summed E-state index contributed by atoms with van der Waals surface area (Å²) in [6.45, 7) is 6.84. The zero-order valence-electron chi connectivity index (χ0n) is 14.2. The monoisotopic (exact) mass is 335 g/mol. The van der Waals surface area contributed by atoms with Gasteiger partial charge in [0.1, 0.15) is 12.6 Å². The Labute approximate surface area is 138 Å². The van der Waals surface area contributed by atoms with Gasteiger partial charge in [0, 0.05) is 8.07 Å². The lowest BCUT2D eigenvalue weighted by atomic mass is 10.2. The number of allylic oxidation sites excluding steroid dienone is 1. The van der Waals surface area contributed by atoms with Gasteiger partial charge >= 0.3 is 12.1 Å². The smallest absolute Gasteiger partial charge is 0.408 e. The average molecular weight is 335 g/mol. The molecule has 1 N–H and O–H groups in total. The SMILES string of the molecule is COC(=O)[C@H](/C=C/C[Si](C)(C)C)NC(=O)OCc1ccccc1. The minimum Gasteiger partial charge on any atom is -0.467 e. The van der Waals surface area contributed by atoms with Gasteiger partial charge in [-0.15, -0.1) is 0 Å². The van der Waals surface area contributed by atoms with Crippen molar-refractivity contribution in [2.45, 2.75) is 38.3 Å². The molecule has 0 heterocycles. The van der Waals surface area contributed by atoms with Gasteiger partial charge < -0.3 is 14.8 Å². The Balaban J connectivity index is 2.55.